The molecule has 0 aromatic heterocycles. The molecule has 0 unspecified atom stereocenters. The first-order chi connectivity index (χ1) is 22.7. The van der Waals surface area contributed by atoms with Crippen LogP contribution in [0.2, 0.25) is 0 Å². The van der Waals surface area contributed by atoms with Gasteiger partial charge in [-0.1, -0.05) is 51.2 Å². The summed E-state index contributed by atoms with van der Waals surface area (Å²) in [4.78, 5) is 54.6. The second kappa shape index (κ2) is 15.8. The Balaban J connectivity index is 1.16. The lowest BCUT2D eigenvalue weighted by Crippen LogP contribution is -2.75. The van der Waals surface area contributed by atoms with Crippen LogP contribution in [0.1, 0.15) is 87.1 Å². The maximum Gasteiger partial charge on any atom is 0.322 e. The number of benzene rings is 2. The molecule has 3 fully saturated rings. The van der Waals surface area contributed by atoms with Crippen LogP contribution in [0.15, 0.2) is 48.5 Å². The van der Waals surface area contributed by atoms with E-state index in [9.17, 15) is 24.3 Å². The van der Waals surface area contributed by atoms with Gasteiger partial charge in [0.05, 0.1) is 6.10 Å². The predicted octanol–water partition coefficient (Wildman–Crippen LogP) is 4.09. The van der Waals surface area contributed by atoms with E-state index in [1.807, 2.05) is 29.2 Å². The zero-order valence-corrected chi connectivity index (χ0v) is 27.3. The number of unbranched alkanes of at least 4 members (excludes halogenated alkanes) is 1. The van der Waals surface area contributed by atoms with E-state index in [1.54, 1.807) is 24.3 Å². The van der Waals surface area contributed by atoms with E-state index in [2.05, 4.69) is 22.5 Å². The van der Waals surface area contributed by atoms with Gasteiger partial charge in [0.1, 0.15) is 29.6 Å². The smallest absolute Gasteiger partial charge is 0.322 e. The number of rotatable bonds is 12. The quantitative estimate of drug-likeness (QED) is 0.252. The Labute approximate surface area is 276 Å². The van der Waals surface area contributed by atoms with Gasteiger partial charge in [-0.05, 0) is 80.0 Å². The van der Waals surface area contributed by atoms with Crippen LogP contribution < -0.4 is 15.4 Å². The van der Waals surface area contributed by atoms with Crippen LogP contribution in [0.3, 0.4) is 0 Å². The lowest BCUT2D eigenvalue weighted by Gasteiger charge is -2.52. The molecule has 2 aliphatic heterocycles. The third kappa shape index (κ3) is 8.31. The third-order valence-corrected chi connectivity index (χ3v) is 9.98. The van der Waals surface area contributed by atoms with Crippen molar-refractivity contribution in [2.24, 2.45) is 5.92 Å². The number of ether oxygens (including phenoxy) is 1. The summed E-state index contributed by atoms with van der Waals surface area (Å²) in [6.07, 6.45) is 8.20. The van der Waals surface area contributed by atoms with Gasteiger partial charge in [-0.2, -0.15) is 0 Å². The van der Waals surface area contributed by atoms with Crippen LogP contribution in [-0.2, 0) is 20.9 Å². The highest BCUT2D eigenvalue weighted by Gasteiger charge is 2.55. The van der Waals surface area contributed by atoms with Crippen molar-refractivity contribution < 1.29 is 34.1 Å². The van der Waals surface area contributed by atoms with Crippen molar-refractivity contribution in [3.8, 4) is 11.5 Å². The fourth-order valence-electron chi connectivity index (χ4n) is 7.20. The zero-order valence-electron chi connectivity index (χ0n) is 27.3. The Morgan fingerprint density at radius 1 is 0.979 bits per heavy atom. The van der Waals surface area contributed by atoms with Gasteiger partial charge >= 0.3 is 5.97 Å². The summed E-state index contributed by atoms with van der Waals surface area (Å²) >= 11 is 0. The number of piperazine rings is 1. The minimum absolute atomic E-state index is 0.0399. The molecule has 11 heteroatoms. The van der Waals surface area contributed by atoms with E-state index in [0.29, 0.717) is 56.1 Å². The number of carboxylic acids is 1. The number of hydrogen-bond acceptors (Lipinski definition) is 7. The maximum atomic E-state index is 13.9. The SMILES string of the molecule is CCCCN1C(=O)[C@@H]([C@H](O)C2CCCCCC2)NC(=O)C12CCN(Cc1ccc(Oc3ccc(C(=O)NCC(=O)O)cc3)cc1)CC2. The summed E-state index contributed by atoms with van der Waals surface area (Å²) in [5.74, 6) is -0.606. The first-order valence-corrected chi connectivity index (χ1v) is 17.1. The Hall–Kier alpha value is -3.96. The van der Waals surface area contributed by atoms with Gasteiger partial charge in [0.15, 0.2) is 0 Å². The monoisotopic (exact) mass is 648 g/mol. The average Bonchev–Trinajstić information content (AvgIpc) is 3.37. The molecule has 1 aliphatic carbocycles. The number of aliphatic hydroxyl groups excluding tert-OH is 1. The van der Waals surface area contributed by atoms with Crippen LogP contribution in [0.4, 0.5) is 0 Å². The fourth-order valence-corrected chi connectivity index (χ4v) is 7.20. The summed E-state index contributed by atoms with van der Waals surface area (Å²) < 4.78 is 5.93. The molecule has 1 spiro atoms. The van der Waals surface area contributed by atoms with E-state index < -0.39 is 36.1 Å². The highest BCUT2D eigenvalue weighted by atomic mass is 16.5. The summed E-state index contributed by atoms with van der Waals surface area (Å²) in [7, 11) is 0. The second-order valence-corrected chi connectivity index (χ2v) is 13.2. The van der Waals surface area contributed by atoms with Crippen molar-refractivity contribution in [2.45, 2.75) is 95.4 Å². The molecular weight excluding hydrogens is 600 g/mol. The van der Waals surface area contributed by atoms with Crippen molar-refractivity contribution in [3.05, 3.63) is 59.7 Å². The van der Waals surface area contributed by atoms with E-state index in [-0.39, 0.29) is 17.7 Å². The van der Waals surface area contributed by atoms with E-state index >= 15 is 0 Å². The fraction of sp³-hybridized carbons (Fsp3) is 0.556. The zero-order chi connectivity index (χ0) is 33.4. The summed E-state index contributed by atoms with van der Waals surface area (Å²) in [6.45, 7) is 4.21. The Kier molecular flexibility index (Phi) is 11.5. The van der Waals surface area contributed by atoms with Crippen LogP contribution in [0.25, 0.3) is 0 Å². The number of hydrogen-bond donors (Lipinski definition) is 4. The highest BCUT2D eigenvalue weighted by molar-refractivity contribution is 6.00. The number of piperidine rings is 1. The molecule has 254 valence electrons. The number of likely N-dealkylation sites (tertiary alicyclic amines) is 1. The summed E-state index contributed by atoms with van der Waals surface area (Å²) in [6, 6.07) is 13.4. The van der Waals surface area contributed by atoms with Crippen LogP contribution in [0, 0.1) is 5.92 Å². The van der Waals surface area contributed by atoms with Crippen molar-refractivity contribution in [1.29, 1.82) is 0 Å². The number of aliphatic hydroxyl groups is 1. The molecule has 3 aliphatic rings. The van der Waals surface area contributed by atoms with E-state index in [1.165, 1.54) is 0 Å². The van der Waals surface area contributed by atoms with Crippen LogP contribution >= 0.6 is 0 Å². The lowest BCUT2D eigenvalue weighted by molar-refractivity contribution is -0.165. The van der Waals surface area contributed by atoms with Gasteiger partial charge in [0.2, 0.25) is 11.8 Å². The molecular formula is C36H48N4O7. The minimum atomic E-state index is -1.11. The number of carbonyl (C=O) groups excluding carboxylic acids is 3. The van der Waals surface area contributed by atoms with Crippen LogP contribution in [0.5, 0.6) is 11.5 Å². The molecule has 47 heavy (non-hydrogen) atoms. The van der Waals surface area contributed by atoms with E-state index in [4.69, 9.17) is 9.84 Å². The lowest BCUT2D eigenvalue weighted by atomic mass is 9.79. The Bertz CT molecular complexity index is 1380. The van der Waals surface area contributed by atoms with Crippen molar-refractivity contribution in [3.63, 3.8) is 0 Å². The standard InChI is InChI=1S/C36H48N4O7/c1-2-3-20-40-34(45)31(32(43)26-8-6-4-5-7-9-26)38-35(46)36(40)18-21-39(22-19-36)24-25-10-14-28(15-11-25)47-29-16-12-27(13-17-29)33(44)37-23-30(41)42/h10-17,26,31-32,43H,2-9,18-24H2,1H3,(H,37,44)(H,38,46)(H,41,42)/t31-,32-/m1/s1. The largest absolute Gasteiger partial charge is 0.480 e. The van der Waals surface area contributed by atoms with Gasteiger partial charge in [0, 0.05) is 31.7 Å². The molecule has 2 aromatic carbocycles. The normalized spacial score (nSPS) is 21.1. The second-order valence-electron chi connectivity index (χ2n) is 13.2. The summed E-state index contributed by atoms with van der Waals surface area (Å²) in [5.41, 5.74) is 0.553. The number of carboxylic acid groups (broad SMARTS) is 1. The molecule has 5 rings (SSSR count). The average molecular weight is 649 g/mol. The van der Waals surface area contributed by atoms with Crippen molar-refractivity contribution in [2.75, 3.05) is 26.2 Å². The Morgan fingerprint density at radius 3 is 2.19 bits per heavy atom. The molecule has 3 amide bonds. The highest BCUT2D eigenvalue weighted by Crippen LogP contribution is 2.36. The molecule has 2 atom stereocenters. The maximum absolute atomic E-state index is 13.9. The third-order valence-electron chi connectivity index (χ3n) is 9.98. The van der Waals surface area contributed by atoms with Gasteiger partial charge in [-0.15, -0.1) is 0 Å². The minimum Gasteiger partial charge on any atom is -0.480 e. The molecule has 2 heterocycles. The van der Waals surface area contributed by atoms with E-state index in [0.717, 1.165) is 56.9 Å². The molecule has 4 N–H and O–H groups in total. The van der Waals surface area contributed by atoms with Crippen LogP contribution in [-0.4, -0.2) is 87.6 Å². The molecule has 11 nitrogen and oxygen atoms in total. The number of nitrogens with one attached hydrogen (secondary N) is 2. The van der Waals surface area contributed by atoms with Gasteiger partial charge < -0.3 is 30.5 Å². The molecule has 0 bridgehead atoms. The first-order valence-electron chi connectivity index (χ1n) is 17.1. The molecule has 1 saturated carbocycles. The Morgan fingerprint density at radius 2 is 1.60 bits per heavy atom. The molecule has 2 saturated heterocycles. The number of aliphatic carboxylic acids is 1. The number of carbonyl (C=O) groups is 4. The first kappa shape index (κ1) is 34.4. The number of nitrogens with zero attached hydrogens (tertiary/aromatic N) is 2. The van der Waals surface area contributed by atoms with Crippen molar-refractivity contribution >= 4 is 23.7 Å². The summed E-state index contributed by atoms with van der Waals surface area (Å²) in [5, 5.41) is 25.4. The van der Waals surface area contributed by atoms with Gasteiger partial charge in [-0.3, -0.25) is 24.1 Å². The predicted molar refractivity (Wildman–Crippen MR) is 176 cm³/mol. The topological polar surface area (TPSA) is 149 Å². The molecule has 2 aromatic rings. The van der Waals surface area contributed by atoms with Crippen molar-refractivity contribution in [1.82, 2.24) is 20.4 Å². The number of amides is 3. The van der Waals surface area contributed by atoms with Gasteiger partial charge in [-0.25, -0.2) is 0 Å². The molecule has 0 radical (unpaired) electrons. The van der Waals surface area contributed by atoms with Gasteiger partial charge in [0.25, 0.3) is 5.91 Å².